The zero-order valence-electron chi connectivity index (χ0n) is 8.30. The van der Waals surface area contributed by atoms with Crippen LogP contribution in [-0.2, 0) is 4.74 Å². The number of amides is 1. The second kappa shape index (κ2) is 5.07. The first-order valence-electron chi connectivity index (χ1n) is 4.85. The predicted octanol–water partition coefficient (Wildman–Crippen LogP) is 0.873. The van der Waals surface area contributed by atoms with Gasteiger partial charge in [-0.3, -0.25) is 0 Å². The van der Waals surface area contributed by atoms with E-state index in [4.69, 9.17) is 4.74 Å². The van der Waals surface area contributed by atoms with Gasteiger partial charge in [-0.05, 0) is 12.8 Å². The van der Waals surface area contributed by atoms with Gasteiger partial charge in [0.05, 0.1) is 0 Å². The van der Waals surface area contributed by atoms with E-state index in [9.17, 15) is 4.79 Å². The fourth-order valence-electron chi connectivity index (χ4n) is 0.927. The maximum Gasteiger partial charge on any atom is 0.407 e. The van der Waals surface area contributed by atoms with Crippen LogP contribution in [0.4, 0.5) is 4.79 Å². The molecule has 1 rings (SSSR count). The van der Waals surface area contributed by atoms with E-state index >= 15 is 0 Å². The van der Waals surface area contributed by atoms with Crippen LogP contribution in [0.15, 0.2) is 0 Å². The van der Waals surface area contributed by atoms with Crippen molar-refractivity contribution >= 4 is 6.09 Å². The number of nitrogens with one attached hydrogen (secondary N) is 2. The molecule has 0 atom stereocenters. The fourth-order valence-corrected chi connectivity index (χ4v) is 0.927. The molecule has 1 aliphatic carbocycles. The highest BCUT2D eigenvalue weighted by molar-refractivity contribution is 5.67. The molecule has 4 heteroatoms. The predicted molar refractivity (Wildman–Crippen MR) is 50.6 cm³/mol. The molecule has 0 bridgehead atoms. The molecule has 0 aromatic rings. The third-order valence-corrected chi connectivity index (χ3v) is 1.79. The van der Waals surface area contributed by atoms with Crippen LogP contribution in [-0.4, -0.2) is 31.3 Å². The summed E-state index contributed by atoms with van der Waals surface area (Å²) < 4.78 is 4.93. The summed E-state index contributed by atoms with van der Waals surface area (Å²) in [5.41, 5.74) is 0. The Morgan fingerprint density at radius 2 is 2.23 bits per heavy atom. The van der Waals surface area contributed by atoms with Gasteiger partial charge in [0.2, 0.25) is 0 Å². The average Bonchev–Trinajstić information content (AvgIpc) is 2.81. The van der Waals surface area contributed by atoms with E-state index in [0.29, 0.717) is 18.7 Å². The van der Waals surface area contributed by atoms with Crippen LogP contribution >= 0.6 is 0 Å². The van der Waals surface area contributed by atoms with Gasteiger partial charge in [0.15, 0.2) is 0 Å². The first kappa shape index (κ1) is 10.3. The van der Waals surface area contributed by atoms with Crippen molar-refractivity contribution in [2.75, 3.05) is 13.2 Å². The maximum atomic E-state index is 11.0. The molecular formula is C9H18N2O2. The minimum atomic E-state index is -0.284. The number of rotatable bonds is 5. The minimum Gasteiger partial charge on any atom is -0.448 e. The highest BCUT2D eigenvalue weighted by atomic mass is 16.5. The highest BCUT2D eigenvalue weighted by Crippen LogP contribution is 2.18. The zero-order valence-corrected chi connectivity index (χ0v) is 8.30. The lowest BCUT2D eigenvalue weighted by atomic mass is 10.4. The largest absolute Gasteiger partial charge is 0.448 e. The minimum absolute atomic E-state index is 0.284. The third-order valence-electron chi connectivity index (χ3n) is 1.79. The number of alkyl carbamates (subject to hydrolysis) is 1. The Hall–Kier alpha value is -0.770. The van der Waals surface area contributed by atoms with Crippen LogP contribution in [0.25, 0.3) is 0 Å². The van der Waals surface area contributed by atoms with Crippen LogP contribution in [0.1, 0.15) is 26.7 Å². The van der Waals surface area contributed by atoms with Gasteiger partial charge >= 0.3 is 6.09 Å². The Labute approximate surface area is 79.0 Å². The average molecular weight is 186 g/mol. The Morgan fingerprint density at radius 3 is 2.77 bits per heavy atom. The lowest BCUT2D eigenvalue weighted by molar-refractivity contribution is 0.145. The quantitative estimate of drug-likeness (QED) is 0.626. The summed E-state index contributed by atoms with van der Waals surface area (Å²) in [4.78, 5) is 11.0. The van der Waals surface area contributed by atoms with Gasteiger partial charge in [-0.2, -0.15) is 0 Å². The molecule has 76 valence electrons. The third kappa shape index (κ3) is 5.47. The van der Waals surface area contributed by atoms with Gasteiger partial charge in [-0.25, -0.2) is 4.79 Å². The molecule has 4 nitrogen and oxygen atoms in total. The van der Waals surface area contributed by atoms with Gasteiger partial charge in [0.25, 0.3) is 0 Å². The SMILES string of the molecule is CC(C)NCCOC(=O)NC1CC1. The van der Waals surface area contributed by atoms with Crippen molar-refractivity contribution < 1.29 is 9.53 Å². The normalized spacial score (nSPS) is 15.9. The van der Waals surface area contributed by atoms with Crippen molar-refractivity contribution in [1.82, 2.24) is 10.6 Å². The monoisotopic (exact) mass is 186 g/mol. The lowest BCUT2D eigenvalue weighted by Crippen LogP contribution is -2.31. The van der Waals surface area contributed by atoms with Crippen molar-refractivity contribution in [2.45, 2.75) is 38.8 Å². The molecule has 1 amide bonds. The summed E-state index contributed by atoms with van der Waals surface area (Å²) in [6.07, 6.45) is 1.91. The van der Waals surface area contributed by atoms with Crippen molar-refractivity contribution in [3.05, 3.63) is 0 Å². The number of hydrogen-bond acceptors (Lipinski definition) is 3. The summed E-state index contributed by atoms with van der Waals surface area (Å²) in [5.74, 6) is 0. The smallest absolute Gasteiger partial charge is 0.407 e. The summed E-state index contributed by atoms with van der Waals surface area (Å²) >= 11 is 0. The number of carbonyl (C=O) groups excluding carboxylic acids is 1. The molecule has 0 aromatic heterocycles. The molecule has 1 fully saturated rings. The molecule has 0 saturated heterocycles. The number of ether oxygens (including phenoxy) is 1. The van der Waals surface area contributed by atoms with Gasteiger partial charge < -0.3 is 15.4 Å². The fraction of sp³-hybridized carbons (Fsp3) is 0.889. The first-order chi connectivity index (χ1) is 6.18. The number of carbonyl (C=O) groups is 1. The highest BCUT2D eigenvalue weighted by Gasteiger charge is 2.23. The van der Waals surface area contributed by atoms with E-state index in [-0.39, 0.29) is 6.09 Å². The van der Waals surface area contributed by atoms with E-state index in [2.05, 4.69) is 24.5 Å². The Bertz CT molecular complexity index is 167. The maximum absolute atomic E-state index is 11.0. The van der Waals surface area contributed by atoms with Crippen LogP contribution in [0.3, 0.4) is 0 Å². The van der Waals surface area contributed by atoms with Crippen LogP contribution in [0, 0.1) is 0 Å². The Morgan fingerprint density at radius 1 is 1.54 bits per heavy atom. The zero-order chi connectivity index (χ0) is 9.68. The Kier molecular flexibility index (Phi) is 4.02. The van der Waals surface area contributed by atoms with Gasteiger partial charge in [-0.15, -0.1) is 0 Å². The van der Waals surface area contributed by atoms with E-state index in [1.54, 1.807) is 0 Å². The number of hydrogen-bond donors (Lipinski definition) is 2. The lowest BCUT2D eigenvalue weighted by Gasteiger charge is -2.08. The molecule has 1 saturated carbocycles. The van der Waals surface area contributed by atoms with Crippen molar-refractivity contribution in [1.29, 1.82) is 0 Å². The van der Waals surface area contributed by atoms with Gasteiger partial charge in [-0.1, -0.05) is 13.8 Å². The van der Waals surface area contributed by atoms with E-state index in [1.807, 2.05) is 0 Å². The molecule has 0 radical (unpaired) electrons. The summed E-state index contributed by atoms with van der Waals surface area (Å²) in [5, 5.41) is 5.92. The molecule has 0 aliphatic heterocycles. The molecular weight excluding hydrogens is 168 g/mol. The molecule has 0 spiro atoms. The van der Waals surface area contributed by atoms with E-state index in [0.717, 1.165) is 19.4 Å². The van der Waals surface area contributed by atoms with Crippen molar-refractivity contribution in [3.8, 4) is 0 Å². The van der Waals surface area contributed by atoms with Crippen molar-refractivity contribution in [2.24, 2.45) is 0 Å². The first-order valence-corrected chi connectivity index (χ1v) is 4.85. The molecule has 13 heavy (non-hydrogen) atoms. The second-order valence-corrected chi connectivity index (χ2v) is 3.66. The van der Waals surface area contributed by atoms with Crippen LogP contribution < -0.4 is 10.6 Å². The van der Waals surface area contributed by atoms with E-state index in [1.165, 1.54) is 0 Å². The van der Waals surface area contributed by atoms with E-state index < -0.39 is 0 Å². The Balaban J connectivity index is 1.89. The molecule has 1 aliphatic rings. The second-order valence-electron chi connectivity index (χ2n) is 3.66. The summed E-state index contributed by atoms with van der Waals surface area (Å²) in [6, 6.07) is 0.820. The summed E-state index contributed by atoms with van der Waals surface area (Å²) in [6.45, 7) is 5.28. The summed E-state index contributed by atoms with van der Waals surface area (Å²) in [7, 11) is 0. The molecule has 0 unspecified atom stereocenters. The van der Waals surface area contributed by atoms with Gasteiger partial charge in [0, 0.05) is 18.6 Å². The topological polar surface area (TPSA) is 50.4 Å². The van der Waals surface area contributed by atoms with Gasteiger partial charge in [0.1, 0.15) is 6.61 Å². The van der Waals surface area contributed by atoms with Crippen molar-refractivity contribution in [3.63, 3.8) is 0 Å². The molecule has 0 heterocycles. The molecule has 2 N–H and O–H groups in total. The standard InChI is InChI=1S/C9H18N2O2/c1-7(2)10-5-6-13-9(12)11-8-3-4-8/h7-8,10H,3-6H2,1-2H3,(H,11,12). The molecule has 0 aromatic carbocycles. The van der Waals surface area contributed by atoms with Crippen LogP contribution in [0.2, 0.25) is 0 Å². The van der Waals surface area contributed by atoms with Crippen LogP contribution in [0.5, 0.6) is 0 Å².